The maximum Gasteiger partial charge on any atom is 0.481 e. The van der Waals surface area contributed by atoms with Crippen LogP contribution in [0.2, 0.25) is 0 Å². The molecule has 0 saturated carbocycles. The summed E-state index contributed by atoms with van der Waals surface area (Å²) in [6, 6.07) is 0. The summed E-state index contributed by atoms with van der Waals surface area (Å²) < 4.78 is 62.3. The zero-order chi connectivity index (χ0) is 47.0. The van der Waals surface area contributed by atoms with Crippen molar-refractivity contribution < 1.29 is 85.3 Å². The molecular weight excluding hydrogens is 919 g/mol. The van der Waals surface area contributed by atoms with Crippen molar-refractivity contribution in [3.05, 3.63) is 12.7 Å². The van der Waals surface area contributed by atoms with Gasteiger partial charge in [-0.05, 0) is 12.3 Å². The molecule has 3 rings (SSSR count). The molecule has 1 aliphatic heterocycles. The Bertz CT molecular complexity index is 1970. The second-order valence-electron chi connectivity index (χ2n) is 15.5. The summed E-state index contributed by atoms with van der Waals surface area (Å²) in [5.41, 5.74) is 4.26. The first kappa shape index (κ1) is 54.6. The third kappa shape index (κ3) is 18.9. The summed E-state index contributed by atoms with van der Waals surface area (Å²) in [5, 5.41) is 26.5. The Morgan fingerprint density at radius 3 is 2.33 bits per heavy atom. The summed E-state index contributed by atoms with van der Waals surface area (Å²) in [5.74, 6) is -0.666. The highest BCUT2D eigenvalue weighted by Crippen LogP contribution is 2.61. The number of carbonyl (C=O) groups is 4. The van der Waals surface area contributed by atoms with Crippen LogP contribution < -0.4 is 16.4 Å². The van der Waals surface area contributed by atoms with Crippen molar-refractivity contribution in [2.75, 3.05) is 37.8 Å². The average molecular weight is 978 g/mol. The van der Waals surface area contributed by atoms with Crippen LogP contribution in [0.15, 0.2) is 12.7 Å². The topological polar surface area (TPSA) is 381 Å². The Balaban J connectivity index is 1.36. The number of aliphatic hydroxyl groups is 2. The maximum atomic E-state index is 12.7. The highest BCUT2D eigenvalue weighted by Gasteiger charge is 2.50. The number of nitrogens with one attached hydrogen (secondary N) is 2. The number of phosphoric ester groups is 3. The second-order valence-corrected chi connectivity index (χ2v) is 20.8. The lowest BCUT2D eigenvalue weighted by Gasteiger charge is -2.30. The number of thioether (sulfide) groups is 1. The van der Waals surface area contributed by atoms with E-state index in [-0.39, 0.29) is 41.6 Å². The summed E-state index contributed by atoms with van der Waals surface area (Å²) in [4.78, 5) is 98.6. The standard InChI is InChI=1S/C34H58N7O18P3S/c1-22(13-16-42)10-8-6-4-5-7-9-11-25(44)63-17-15-36-24(43)12-14-37-32(47)29(46)34(2,3)19-56-62(53,54)59-61(51,52)55-18-23-28(58-60(48,49)50)27(45)33(57-23)41-21-40-26-30(35)38-20-39-31(26)41/h16,20-23,27-29,33,45-46H,4-15,17-19H2,1-3H3,(H,36,43)(H,37,47)(H,51,52)(H,53,54)(H2,35,38,39)(H2,48,49,50)/t22-,23-,27-,28-,29?,33-/m1/s1. The van der Waals surface area contributed by atoms with Crippen LogP contribution >= 0.6 is 35.2 Å². The zero-order valence-corrected chi connectivity index (χ0v) is 38.5. The number of hydrogen-bond acceptors (Lipinski definition) is 19. The van der Waals surface area contributed by atoms with Gasteiger partial charge in [-0.3, -0.25) is 32.5 Å². The number of amides is 2. The van der Waals surface area contributed by atoms with Crippen LogP contribution in [0.3, 0.4) is 0 Å². The number of rotatable bonds is 30. The third-order valence-corrected chi connectivity index (χ3v) is 13.6. The van der Waals surface area contributed by atoms with Crippen LogP contribution in [-0.2, 0) is 55.5 Å². The highest BCUT2D eigenvalue weighted by molar-refractivity contribution is 8.13. The molecule has 25 nitrogen and oxygen atoms in total. The lowest BCUT2D eigenvalue weighted by atomic mass is 9.87. The fourth-order valence-electron chi connectivity index (χ4n) is 6.12. The van der Waals surface area contributed by atoms with Crippen LogP contribution in [0.5, 0.6) is 0 Å². The van der Waals surface area contributed by atoms with Crippen LogP contribution in [0.4, 0.5) is 5.82 Å². The monoisotopic (exact) mass is 977 g/mol. The normalized spacial score (nSPS) is 21.0. The SMILES string of the molecule is C[C@@H](CC=O)CCCCCCCCC(=O)SCCNC(=O)CCNC(=O)C(O)C(C)(C)COP(=O)(O)OP(=O)(O)OC[C@H]1O[C@@H](n2cnc3c(N)ncnc32)[C@H](O)[C@@H]1OP(=O)(O)O. The molecule has 0 radical (unpaired) electrons. The lowest BCUT2D eigenvalue weighted by Crippen LogP contribution is -2.46. The van der Waals surface area contributed by atoms with Crippen molar-refractivity contribution in [2.45, 2.75) is 116 Å². The van der Waals surface area contributed by atoms with Gasteiger partial charge >= 0.3 is 23.5 Å². The van der Waals surface area contributed by atoms with Gasteiger partial charge in [0.2, 0.25) is 11.8 Å². The Hall–Kier alpha value is -2.77. The number of aliphatic hydroxyl groups excluding tert-OH is 2. The molecule has 1 fully saturated rings. The Labute approximate surface area is 367 Å². The molecule has 8 atom stereocenters. The van der Waals surface area contributed by atoms with E-state index in [1.807, 2.05) is 0 Å². The fraction of sp³-hybridized carbons (Fsp3) is 0.735. The minimum absolute atomic E-state index is 0.0290. The molecule has 358 valence electrons. The van der Waals surface area contributed by atoms with Crippen molar-refractivity contribution in [3.63, 3.8) is 0 Å². The van der Waals surface area contributed by atoms with Gasteiger partial charge in [-0.15, -0.1) is 0 Å². The number of fused-ring (bicyclic) bond motifs is 1. The minimum atomic E-state index is -5.58. The molecule has 1 aliphatic rings. The highest BCUT2D eigenvalue weighted by atomic mass is 32.2. The maximum absolute atomic E-state index is 12.7. The molecule has 0 aliphatic carbocycles. The number of nitrogen functional groups attached to an aromatic ring is 1. The molecule has 29 heteroatoms. The van der Waals surface area contributed by atoms with E-state index in [1.165, 1.54) is 13.8 Å². The summed E-state index contributed by atoms with van der Waals surface area (Å²) in [6.45, 7) is 2.58. The van der Waals surface area contributed by atoms with Crippen molar-refractivity contribution in [1.29, 1.82) is 0 Å². The number of phosphoric acid groups is 3. The molecule has 1 saturated heterocycles. The second kappa shape index (κ2) is 25.2. The predicted molar refractivity (Wildman–Crippen MR) is 224 cm³/mol. The molecule has 0 spiro atoms. The van der Waals surface area contributed by atoms with Gasteiger partial charge in [-0.25, -0.2) is 28.6 Å². The number of carbonyl (C=O) groups excluding carboxylic acids is 4. The molecule has 63 heavy (non-hydrogen) atoms. The number of imidazole rings is 1. The van der Waals surface area contributed by atoms with E-state index in [9.17, 15) is 62.7 Å². The minimum Gasteiger partial charge on any atom is -0.386 e. The van der Waals surface area contributed by atoms with Gasteiger partial charge in [0.1, 0.15) is 42.5 Å². The fourth-order valence-corrected chi connectivity index (χ4v) is 9.67. The number of nitrogens with two attached hydrogens (primary N) is 1. The van der Waals surface area contributed by atoms with Crippen LogP contribution in [0.1, 0.15) is 91.2 Å². The Kier molecular flexibility index (Phi) is 21.8. The first-order chi connectivity index (χ1) is 29.4. The molecule has 2 aromatic rings. The molecule has 3 unspecified atom stereocenters. The van der Waals surface area contributed by atoms with Crippen molar-refractivity contribution in [2.24, 2.45) is 11.3 Å². The molecule has 0 bridgehead atoms. The average Bonchev–Trinajstić information content (AvgIpc) is 3.75. The number of anilines is 1. The quantitative estimate of drug-likeness (QED) is 0.0307. The lowest BCUT2D eigenvalue weighted by molar-refractivity contribution is -0.137. The summed E-state index contributed by atoms with van der Waals surface area (Å²) in [7, 11) is -16.4. The van der Waals surface area contributed by atoms with E-state index < -0.39 is 84.6 Å². The van der Waals surface area contributed by atoms with Crippen LogP contribution in [0.25, 0.3) is 11.2 Å². The Morgan fingerprint density at radius 1 is 0.984 bits per heavy atom. The number of aldehydes is 1. The predicted octanol–water partition coefficient (Wildman–Crippen LogP) is 2.01. The number of nitrogens with zero attached hydrogens (tertiary/aromatic N) is 4. The van der Waals surface area contributed by atoms with Gasteiger partial charge in [-0.2, -0.15) is 4.31 Å². The van der Waals surface area contributed by atoms with Gasteiger partial charge in [0.25, 0.3) is 0 Å². The van der Waals surface area contributed by atoms with Gasteiger partial charge in [-0.1, -0.05) is 71.1 Å². The van der Waals surface area contributed by atoms with Gasteiger partial charge < -0.3 is 55.7 Å². The molecular formula is C34H58N7O18P3S. The van der Waals surface area contributed by atoms with E-state index in [0.29, 0.717) is 24.5 Å². The molecule has 0 aromatic carbocycles. The number of aromatic nitrogens is 4. The van der Waals surface area contributed by atoms with E-state index in [4.69, 9.17) is 19.5 Å². The number of hydrogen-bond donors (Lipinski definition) is 9. The van der Waals surface area contributed by atoms with Crippen molar-refractivity contribution >= 4 is 75.4 Å². The van der Waals surface area contributed by atoms with Gasteiger partial charge in [0.05, 0.1) is 19.5 Å². The van der Waals surface area contributed by atoms with Gasteiger partial charge in [0.15, 0.2) is 22.8 Å². The van der Waals surface area contributed by atoms with Crippen LogP contribution in [-0.4, -0.2) is 129 Å². The van der Waals surface area contributed by atoms with Crippen molar-refractivity contribution in [3.8, 4) is 0 Å². The first-order valence-corrected chi connectivity index (χ1v) is 25.4. The Morgan fingerprint density at radius 2 is 1.65 bits per heavy atom. The van der Waals surface area contributed by atoms with E-state index in [2.05, 4.69) is 41.3 Å². The van der Waals surface area contributed by atoms with E-state index >= 15 is 0 Å². The summed E-state index contributed by atoms with van der Waals surface area (Å²) in [6.07, 6.45) is 2.18. The molecule has 2 aromatic heterocycles. The van der Waals surface area contributed by atoms with Gasteiger partial charge in [0, 0.05) is 43.5 Å². The zero-order valence-electron chi connectivity index (χ0n) is 35.0. The van der Waals surface area contributed by atoms with Crippen molar-refractivity contribution in [1.82, 2.24) is 30.2 Å². The van der Waals surface area contributed by atoms with E-state index in [0.717, 1.165) is 80.2 Å². The smallest absolute Gasteiger partial charge is 0.386 e. The molecule has 3 heterocycles. The number of unbranched alkanes of at least 4 members (excludes halogenated alkanes) is 5. The molecule has 2 amide bonds. The first-order valence-electron chi connectivity index (χ1n) is 19.9. The largest absolute Gasteiger partial charge is 0.481 e. The molecule has 10 N–H and O–H groups in total. The summed E-state index contributed by atoms with van der Waals surface area (Å²) >= 11 is 1.12. The van der Waals surface area contributed by atoms with Crippen LogP contribution in [0, 0.1) is 11.3 Å². The van der Waals surface area contributed by atoms with E-state index in [1.54, 1.807) is 0 Å². The third-order valence-electron chi connectivity index (χ3n) is 9.59. The number of ether oxygens (including phenoxy) is 1.